The van der Waals surface area contributed by atoms with Crippen LogP contribution in [0.15, 0.2) is 36.6 Å². The minimum absolute atomic E-state index is 0.161. The van der Waals surface area contributed by atoms with E-state index in [-0.39, 0.29) is 5.75 Å². The number of rotatable bonds is 3. The highest BCUT2D eigenvalue weighted by Gasteiger charge is 1.93. The second-order valence-electron chi connectivity index (χ2n) is 2.44. The van der Waals surface area contributed by atoms with Crippen LogP contribution in [0.25, 0.3) is 0 Å². The lowest BCUT2D eigenvalue weighted by atomic mass is 10.3. The van der Waals surface area contributed by atoms with Gasteiger partial charge in [-0.15, -0.1) is 0 Å². The zero-order chi connectivity index (χ0) is 10.4. The van der Waals surface area contributed by atoms with Crippen LogP contribution in [-0.4, -0.2) is 18.2 Å². The van der Waals surface area contributed by atoms with Gasteiger partial charge in [0.2, 0.25) is 0 Å². The summed E-state index contributed by atoms with van der Waals surface area (Å²) in [5.41, 5.74) is 0. The van der Waals surface area contributed by atoms with E-state index in [0.29, 0.717) is 5.75 Å². The molecular formula is C10H10O4. The molecule has 1 N–H and O–H groups in total. The number of carbonyl (C=O) groups excluding carboxylic acids is 1. The van der Waals surface area contributed by atoms with Gasteiger partial charge in [0.05, 0.1) is 19.4 Å². The van der Waals surface area contributed by atoms with Gasteiger partial charge in [0.25, 0.3) is 0 Å². The summed E-state index contributed by atoms with van der Waals surface area (Å²) in [5, 5.41) is 8.96. The first-order valence-electron chi connectivity index (χ1n) is 3.92. The second-order valence-corrected chi connectivity index (χ2v) is 2.44. The van der Waals surface area contributed by atoms with E-state index in [1.807, 2.05) is 0 Å². The van der Waals surface area contributed by atoms with Crippen LogP contribution in [0.1, 0.15) is 0 Å². The van der Waals surface area contributed by atoms with Gasteiger partial charge in [-0.3, -0.25) is 0 Å². The van der Waals surface area contributed by atoms with Crippen molar-refractivity contribution in [3.8, 4) is 11.5 Å². The predicted molar refractivity (Wildman–Crippen MR) is 49.9 cm³/mol. The summed E-state index contributed by atoms with van der Waals surface area (Å²) < 4.78 is 9.40. The maximum atomic E-state index is 10.6. The molecule has 0 aliphatic rings. The van der Waals surface area contributed by atoms with Crippen LogP contribution in [0.4, 0.5) is 0 Å². The molecule has 0 fully saturated rings. The van der Waals surface area contributed by atoms with Crippen molar-refractivity contribution in [1.82, 2.24) is 0 Å². The van der Waals surface area contributed by atoms with E-state index >= 15 is 0 Å². The molecule has 0 radical (unpaired) electrons. The van der Waals surface area contributed by atoms with Crippen molar-refractivity contribution in [1.29, 1.82) is 0 Å². The molecule has 14 heavy (non-hydrogen) atoms. The molecule has 0 bridgehead atoms. The number of methoxy groups -OCH3 is 1. The second kappa shape index (κ2) is 4.91. The average Bonchev–Trinajstić information content (AvgIpc) is 2.21. The molecule has 1 aromatic carbocycles. The summed E-state index contributed by atoms with van der Waals surface area (Å²) in [5.74, 6) is 0.209. The molecule has 0 saturated heterocycles. The molecule has 1 aromatic rings. The summed E-state index contributed by atoms with van der Waals surface area (Å²) in [4.78, 5) is 10.6. The van der Waals surface area contributed by atoms with Crippen LogP contribution in [0.5, 0.6) is 11.5 Å². The monoisotopic (exact) mass is 194 g/mol. The molecule has 0 amide bonds. The van der Waals surface area contributed by atoms with Crippen molar-refractivity contribution >= 4 is 5.97 Å². The number of aromatic hydroxyl groups is 1. The molecule has 0 aliphatic carbocycles. The fourth-order valence-corrected chi connectivity index (χ4v) is 0.761. The number of esters is 1. The Balaban J connectivity index is 2.49. The molecule has 74 valence electrons. The van der Waals surface area contributed by atoms with Crippen molar-refractivity contribution in [3.05, 3.63) is 36.6 Å². The van der Waals surface area contributed by atoms with Crippen LogP contribution in [-0.2, 0) is 9.53 Å². The van der Waals surface area contributed by atoms with Crippen molar-refractivity contribution in [3.63, 3.8) is 0 Å². The standard InChI is InChI=1S/C10H10O4/c1-13-10(12)6-7-14-9-4-2-8(11)3-5-9/h2-7,11H,1H3. The van der Waals surface area contributed by atoms with Crippen molar-refractivity contribution in [2.24, 2.45) is 0 Å². The normalized spacial score (nSPS) is 10.1. The molecule has 0 unspecified atom stereocenters. The number of carbonyl (C=O) groups is 1. The Hall–Kier alpha value is -1.97. The van der Waals surface area contributed by atoms with Crippen molar-refractivity contribution < 1.29 is 19.4 Å². The van der Waals surface area contributed by atoms with E-state index < -0.39 is 5.97 Å². The van der Waals surface area contributed by atoms with E-state index in [0.717, 1.165) is 6.08 Å². The fraction of sp³-hybridized carbons (Fsp3) is 0.100. The number of hydrogen-bond donors (Lipinski definition) is 1. The van der Waals surface area contributed by atoms with Gasteiger partial charge in [0.15, 0.2) is 0 Å². The zero-order valence-electron chi connectivity index (χ0n) is 7.64. The van der Waals surface area contributed by atoms with Crippen LogP contribution in [0, 0.1) is 0 Å². The highest BCUT2D eigenvalue weighted by molar-refractivity contribution is 5.81. The third-order valence-corrected chi connectivity index (χ3v) is 1.45. The molecule has 0 saturated carbocycles. The van der Waals surface area contributed by atoms with Gasteiger partial charge < -0.3 is 14.6 Å². The Labute approximate surface area is 81.4 Å². The SMILES string of the molecule is COC(=O)C=COc1ccc(O)cc1. The number of phenols is 1. The molecule has 4 nitrogen and oxygen atoms in total. The van der Waals surface area contributed by atoms with Gasteiger partial charge in [-0.1, -0.05) is 0 Å². The van der Waals surface area contributed by atoms with E-state index in [1.165, 1.54) is 25.5 Å². The maximum absolute atomic E-state index is 10.6. The molecule has 1 rings (SSSR count). The fourth-order valence-electron chi connectivity index (χ4n) is 0.761. The third kappa shape index (κ3) is 3.18. The summed E-state index contributed by atoms with van der Waals surface area (Å²) >= 11 is 0. The zero-order valence-corrected chi connectivity index (χ0v) is 7.64. The Kier molecular flexibility index (Phi) is 3.55. The van der Waals surface area contributed by atoms with Crippen molar-refractivity contribution in [2.75, 3.05) is 7.11 Å². The number of hydrogen-bond acceptors (Lipinski definition) is 4. The van der Waals surface area contributed by atoms with Crippen molar-refractivity contribution in [2.45, 2.75) is 0 Å². The first-order chi connectivity index (χ1) is 6.72. The first-order valence-corrected chi connectivity index (χ1v) is 3.92. The maximum Gasteiger partial charge on any atom is 0.333 e. The topological polar surface area (TPSA) is 55.8 Å². The number of benzene rings is 1. The van der Waals surface area contributed by atoms with E-state index in [2.05, 4.69) is 4.74 Å². The van der Waals surface area contributed by atoms with E-state index in [1.54, 1.807) is 12.1 Å². The van der Waals surface area contributed by atoms with E-state index in [4.69, 9.17) is 9.84 Å². The van der Waals surface area contributed by atoms with Crippen LogP contribution < -0.4 is 4.74 Å². The number of phenolic OH excluding ortho intramolecular Hbond substituents is 1. The van der Waals surface area contributed by atoms with Gasteiger partial charge in [0.1, 0.15) is 11.5 Å². The molecular weight excluding hydrogens is 184 g/mol. The summed E-state index contributed by atoms with van der Waals surface area (Å²) in [7, 11) is 1.28. The van der Waals surface area contributed by atoms with Gasteiger partial charge >= 0.3 is 5.97 Å². The molecule has 0 atom stereocenters. The smallest absolute Gasteiger partial charge is 0.333 e. The highest BCUT2D eigenvalue weighted by Crippen LogP contribution is 2.15. The third-order valence-electron chi connectivity index (χ3n) is 1.45. The minimum Gasteiger partial charge on any atom is -0.508 e. The van der Waals surface area contributed by atoms with Gasteiger partial charge in [-0.2, -0.15) is 0 Å². The largest absolute Gasteiger partial charge is 0.508 e. The van der Waals surface area contributed by atoms with Gasteiger partial charge in [-0.05, 0) is 24.3 Å². The Bertz CT molecular complexity index is 326. The predicted octanol–water partition coefficient (Wildman–Crippen LogP) is 1.46. The quantitative estimate of drug-likeness (QED) is 0.449. The van der Waals surface area contributed by atoms with Gasteiger partial charge in [-0.25, -0.2) is 4.79 Å². The summed E-state index contributed by atoms with van der Waals surface area (Å²) in [6, 6.07) is 6.14. The molecule has 0 aromatic heterocycles. The Morgan fingerprint density at radius 1 is 1.36 bits per heavy atom. The molecule has 0 spiro atoms. The van der Waals surface area contributed by atoms with Crippen LogP contribution in [0.3, 0.4) is 0 Å². The Morgan fingerprint density at radius 2 is 2.00 bits per heavy atom. The minimum atomic E-state index is -0.483. The van der Waals surface area contributed by atoms with Crippen LogP contribution in [0.2, 0.25) is 0 Å². The summed E-state index contributed by atoms with van der Waals surface area (Å²) in [6.45, 7) is 0. The van der Waals surface area contributed by atoms with Gasteiger partial charge in [0, 0.05) is 0 Å². The number of ether oxygens (including phenoxy) is 2. The lowest BCUT2D eigenvalue weighted by molar-refractivity contribution is -0.134. The molecule has 4 heteroatoms. The molecule has 0 heterocycles. The lowest BCUT2D eigenvalue weighted by Gasteiger charge is -1.98. The molecule has 0 aliphatic heterocycles. The highest BCUT2D eigenvalue weighted by atomic mass is 16.5. The van der Waals surface area contributed by atoms with E-state index in [9.17, 15) is 4.79 Å². The average molecular weight is 194 g/mol. The lowest BCUT2D eigenvalue weighted by Crippen LogP contribution is -1.94. The van der Waals surface area contributed by atoms with Crippen LogP contribution >= 0.6 is 0 Å². The Morgan fingerprint density at radius 3 is 2.57 bits per heavy atom. The first kappa shape index (κ1) is 10.1. The summed E-state index contributed by atoms with van der Waals surface area (Å²) in [6.07, 6.45) is 2.38.